The van der Waals surface area contributed by atoms with E-state index in [1.54, 1.807) is 12.1 Å². The summed E-state index contributed by atoms with van der Waals surface area (Å²) < 4.78 is 13.7. The van der Waals surface area contributed by atoms with Gasteiger partial charge in [-0.3, -0.25) is 0 Å². The molecule has 1 heterocycles. The van der Waals surface area contributed by atoms with Crippen LogP contribution >= 0.6 is 11.8 Å². The molecule has 0 aromatic heterocycles. The van der Waals surface area contributed by atoms with Crippen LogP contribution in [0.5, 0.6) is 0 Å². The van der Waals surface area contributed by atoms with Gasteiger partial charge in [-0.1, -0.05) is 24.3 Å². The molecule has 2 aliphatic rings. The maximum atomic E-state index is 13.7. The first-order valence-corrected chi connectivity index (χ1v) is 9.06. The van der Waals surface area contributed by atoms with Crippen LogP contribution in [0.1, 0.15) is 48.0 Å². The van der Waals surface area contributed by atoms with E-state index in [1.165, 1.54) is 28.0 Å². The highest BCUT2D eigenvalue weighted by Crippen LogP contribution is 2.39. The number of halogens is 1. The van der Waals surface area contributed by atoms with Crippen LogP contribution < -0.4 is 5.32 Å². The minimum atomic E-state index is -0.118. The van der Waals surface area contributed by atoms with Gasteiger partial charge in [0.1, 0.15) is 5.82 Å². The molecule has 0 saturated heterocycles. The Bertz CT molecular complexity index is 685. The van der Waals surface area contributed by atoms with Crippen molar-refractivity contribution in [1.82, 2.24) is 5.32 Å². The summed E-state index contributed by atoms with van der Waals surface area (Å²) in [6, 6.07) is 14.6. The van der Waals surface area contributed by atoms with Gasteiger partial charge >= 0.3 is 0 Å². The highest BCUT2D eigenvalue weighted by atomic mass is 32.2. The lowest BCUT2D eigenvalue weighted by molar-refractivity contribution is 0.388. The molecule has 0 saturated carbocycles. The van der Waals surface area contributed by atoms with Gasteiger partial charge in [-0.05, 0) is 66.3 Å². The van der Waals surface area contributed by atoms with E-state index in [9.17, 15) is 4.39 Å². The van der Waals surface area contributed by atoms with Crippen LogP contribution in [-0.4, -0.2) is 5.75 Å². The van der Waals surface area contributed by atoms with Crippen LogP contribution in [0.4, 0.5) is 4.39 Å². The fourth-order valence-electron chi connectivity index (χ4n) is 3.70. The third kappa shape index (κ3) is 2.68. The second kappa shape index (κ2) is 6.05. The van der Waals surface area contributed by atoms with Crippen molar-refractivity contribution in [3.05, 3.63) is 65.0 Å². The predicted octanol–water partition coefficient (Wildman–Crippen LogP) is 5.03. The molecule has 4 rings (SSSR count). The molecule has 1 nitrogen and oxygen atoms in total. The minimum absolute atomic E-state index is 0.118. The quantitative estimate of drug-likeness (QED) is 0.834. The molecule has 2 atom stereocenters. The van der Waals surface area contributed by atoms with E-state index < -0.39 is 0 Å². The molecule has 1 aliphatic carbocycles. The summed E-state index contributed by atoms with van der Waals surface area (Å²) in [4.78, 5) is 1.39. The molecule has 2 unspecified atom stereocenters. The monoisotopic (exact) mass is 313 g/mol. The topological polar surface area (TPSA) is 12.0 Å². The molecular weight excluding hydrogens is 293 g/mol. The van der Waals surface area contributed by atoms with Gasteiger partial charge in [0.2, 0.25) is 0 Å². The molecule has 0 bridgehead atoms. The van der Waals surface area contributed by atoms with Crippen LogP contribution in [0.3, 0.4) is 0 Å². The summed E-state index contributed by atoms with van der Waals surface area (Å²) in [5, 5.41) is 3.82. The zero-order valence-electron chi connectivity index (χ0n) is 12.5. The summed E-state index contributed by atoms with van der Waals surface area (Å²) >= 11 is 1.94. The smallest absolute Gasteiger partial charge is 0.123 e. The number of rotatable bonds is 2. The Hall–Kier alpha value is -1.32. The van der Waals surface area contributed by atoms with E-state index in [-0.39, 0.29) is 11.9 Å². The van der Waals surface area contributed by atoms with Gasteiger partial charge in [0, 0.05) is 17.0 Å². The summed E-state index contributed by atoms with van der Waals surface area (Å²) in [6.45, 7) is 0. The maximum Gasteiger partial charge on any atom is 0.123 e. The Morgan fingerprint density at radius 1 is 1.00 bits per heavy atom. The molecule has 0 radical (unpaired) electrons. The molecule has 1 aliphatic heterocycles. The van der Waals surface area contributed by atoms with Crippen LogP contribution in [0.15, 0.2) is 47.4 Å². The summed E-state index contributed by atoms with van der Waals surface area (Å²) in [5.74, 6) is 1.03. The van der Waals surface area contributed by atoms with Crippen LogP contribution in [-0.2, 0) is 6.42 Å². The van der Waals surface area contributed by atoms with Crippen LogP contribution in [0.25, 0.3) is 0 Å². The van der Waals surface area contributed by atoms with Crippen LogP contribution in [0.2, 0.25) is 0 Å². The summed E-state index contributed by atoms with van der Waals surface area (Å²) in [5.41, 5.74) is 3.88. The second-order valence-corrected chi connectivity index (χ2v) is 7.32. The summed E-state index contributed by atoms with van der Waals surface area (Å²) in [6.07, 6.45) is 4.50. The van der Waals surface area contributed by atoms with Gasteiger partial charge in [0.25, 0.3) is 0 Å². The van der Waals surface area contributed by atoms with Crippen molar-refractivity contribution < 1.29 is 4.39 Å². The Morgan fingerprint density at radius 3 is 2.82 bits per heavy atom. The van der Waals surface area contributed by atoms with Gasteiger partial charge < -0.3 is 5.32 Å². The number of benzene rings is 2. The Morgan fingerprint density at radius 2 is 1.86 bits per heavy atom. The van der Waals surface area contributed by atoms with Crippen molar-refractivity contribution >= 4 is 11.8 Å². The van der Waals surface area contributed by atoms with Crippen LogP contribution in [0, 0.1) is 5.82 Å². The molecule has 22 heavy (non-hydrogen) atoms. The first-order valence-electron chi connectivity index (χ1n) is 8.07. The van der Waals surface area contributed by atoms with Crippen molar-refractivity contribution in [2.24, 2.45) is 0 Å². The lowest BCUT2D eigenvalue weighted by Gasteiger charge is -2.33. The normalized spacial score (nSPS) is 23.7. The van der Waals surface area contributed by atoms with E-state index in [2.05, 4.69) is 29.6 Å². The van der Waals surface area contributed by atoms with E-state index in [0.29, 0.717) is 6.04 Å². The molecule has 2 aromatic rings. The van der Waals surface area contributed by atoms with E-state index >= 15 is 0 Å². The average Bonchev–Trinajstić information content (AvgIpc) is 2.56. The third-order valence-electron chi connectivity index (χ3n) is 4.78. The van der Waals surface area contributed by atoms with Gasteiger partial charge in [0.05, 0.1) is 0 Å². The number of hydrogen-bond acceptors (Lipinski definition) is 2. The minimum Gasteiger partial charge on any atom is -0.303 e. The number of fused-ring (bicyclic) bond motifs is 2. The Kier molecular flexibility index (Phi) is 3.93. The molecule has 0 fully saturated rings. The fraction of sp³-hybridized carbons (Fsp3) is 0.368. The molecule has 0 spiro atoms. The van der Waals surface area contributed by atoms with E-state index in [1.807, 2.05) is 17.8 Å². The van der Waals surface area contributed by atoms with Crippen molar-refractivity contribution in [1.29, 1.82) is 0 Å². The van der Waals surface area contributed by atoms with Crippen molar-refractivity contribution in [3.8, 4) is 0 Å². The van der Waals surface area contributed by atoms with Gasteiger partial charge in [-0.2, -0.15) is 0 Å². The van der Waals surface area contributed by atoms with E-state index in [0.717, 1.165) is 25.0 Å². The lowest BCUT2D eigenvalue weighted by atomic mass is 9.86. The number of nitrogens with one attached hydrogen (secondary N) is 1. The molecule has 3 heteroatoms. The standard InChI is InChI=1S/C19H20FNS/c20-14-9-8-13-4-3-6-17(16(13)12-14)21-18-10-11-22-19-7-2-1-5-15(18)19/h1-2,5,7-9,12,17-18,21H,3-4,6,10-11H2. The highest BCUT2D eigenvalue weighted by molar-refractivity contribution is 7.99. The Balaban J connectivity index is 1.62. The van der Waals surface area contributed by atoms with E-state index in [4.69, 9.17) is 0 Å². The SMILES string of the molecule is Fc1ccc2c(c1)C(NC1CCSc3ccccc31)CCC2. The first kappa shape index (κ1) is 14.3. The average molecular weight is 313 g/mol. The summed E-state index contributed by atoms with van der Waals surface area (Å²) in [7, 11) is 0. The number of aryl methyl sites for hydroxylation is 1. The number of thioether (sulfide) groups is 1. The maximum absolute atomic E-state index is 13.7. The van der Waals surface area contributed by atoms with Gasteiger partial charge in [-0.15, -0.1) is 11.8 Å². The molecular formula is C19H20FNS. The lowest BCUT2D eigenvalue weighted by Crippen LogP contribution is -2.31. The van der Waals surface area contributed by atoms with Gasteiger partial charge in [-0.25, -0.2) is 4.39 Å². The zero-order valence-corrected chi connectivity index (χ0v) is 13.3. The molecule has 114 valence electrons. The fourth-order valence-corrected chi connectivity index (χ4v) is 4.83. The highest BCUT2D eigenvalue weighted by Gasteiger charge is 2.26. The zero-order chi connectivity index (χ0) is 14.9. The van der Waals surface area contributed by atoms with Gasteiger partial charge in [0.15, 0.2) is 0 Å². The molecule has 0 amide bonds. The largest absolute Gasteiger partial charge is 0.303 e. The first-order chi connectivity index (χ1) is 10.8. The Labute approximate surface area is 135 Å². The third-order valence-corrected chi connectivity index (χ3v) is 5.91. The molecule has 1 N–H and O–H groups in total. The number of hydrogen-bond donors (Lipinski definition) is 1. The van der Waals surface area contributed by atoms with Crippen molar-refractivity contribution in [2.45, 2.75) is 42.7 Å². The van der Waals surface area contributed by atoms with Crippen molar-refractivity contribution in [3.63, 3.8) is 0 Å². The second-order valence-electron chi connectivity index (χ2n) is 6.18. The van der Waals surface area contributed by atoms with Crippen molar-refractivity contribution in [2.75, 3.05) is 5.75 Å². The molecule has 2 aromatic carbocycles. The predicted molar refractivity (Wildman–Crippen MR) is 89.7 cm³/mol.